The van der Waals surface area contributed by atoms with Crippen molar-refractivity contribution in [3.63, 3.8) is 0 Å². The summed E-state index contributed by atoms with van der Waals surface area (Å²) in [6, 6.07) is 8.69. The second-order valence-electron chi connectivity index (χ2n) is 3.77. The lowest BCUT2D eigenvalue weighted by Crippen LogP contribution is -2.11. The number of rotatable bonds is 3. The highest BCUT2D eigenvalue weighted by molar-refractivity contribution is 6.03. The molecule has 1 heterocycles. The molecular weight excluding hydrogens is 218 g/mol. The fraction of sp³-hybridized carbons (Fsp3) is 0.154. The number of nitrogens with one attached hydrogen (secondary N) is 1. The van der Waals surface area contributed by atoms with E-state index in [0.29, 0.717) is 11.3 Å². The van der Waals surface area contributed by atoms with Gasteiger partial charge in [-0.25, -0.2) is 0 Å². The van der Waals surface area contributed by atoms with Crippen molar-refractivity contribution in [3.05, 3.63) is 54.0 Å². The van der Waals surface area contributed by atoms with Crippen molar-refractivity contribution < 1.29 is 14.3 Å². The SMILES string of the molecule is CC(O)c1cccc(NC(=O)c2ccoc2)c1. The van der Waals surface area contributed by atoms with Gasteiger partial charge < -0.3 is 14.8 Å². The summed E-state index contributed by atoms with van der Waals surface area (Å²) in [5.74, 6) is -0.235. The number of carbonyl (C=O) groups excluding carboxylic acids is 1. The predicted octanol–water partition coefficient (Wildman–Crippen LogP) is 2.59. The Morgan fingerprint density at radius 1 is 1.41 bits per heavy atom. The summed E-state index contributed by atoms with van der Waals surface area (Å²) < 4.78 is 4.83. The standard InChI is InChI=1S/C13H13NO3/c1-9(15)10-3-2-4-12(7-10)14-13(16)11-5-6-17-8-11/h2-9,15H,1H3,(H,14,16). The predicted molar refractivity (Wildman–Crippen MR) is 63.7 cm³/mol. The average molecular weight is 231 g/mol. The van der Waals surface area contributed by atoms with Gasteiger partial charge in [0, 0.05) is 5.69 Å². The minimum absolute atomic E-state index is 0.235. The first-order valence-corrected chi connectivity index (χ1v) is 5.28. The molecular formula is C13H13NO3. The quantitative estimate of drug-likeness (QED) is 0.853. The van der Waals surface area contributed by atoms with Crippen molar-refractivity contribution in [1.82, 2.24) is 0 Å². The van der Waals surface area contributed by atoms with Crippen LogP contribution in [0.5, 0.6) is 0 Å². The largest absolute Gasteiger partial charge is 0.472 e. The first-order chi connectivity index (χ1) is 8.16. The lowest BCUT2D eigenvalue weighted by molar-refractivity contribution is 0.102. The zero-order valence-electron chi connectivity index (χ0n) is 9.38. The smallest absolute Gasteiger partial charge is 0.258 e. The highest BCUT2D eigenvalue weighted by atomic mass is 16.3. The maximum atomic E-state index is 11.7. The first-order valence-electron chi connectivity index (χ1n) is 5.28. The second-order valence-corrected chi connectivity index (χ2v) is 3.77. The summed E-state index contributed by atoms with van der Waals surface area (Å²) >= 11 is 0. The van der Waals surface area contributed by atoms with E-state index in [0.717, 1.165) is 5.56 Å². The Bertz CT molecular complexity index is 503. The Labute approximate surface area is 98.9 Å². The molecule has 0 aliphatic carbocycles. The Morgan fingerprint density at radius 2 is 2.24 bits per heavy atom. The van der Waals surface area contributed by atoms with Gasteiger partial charge in [0.05, 0.1) is 17.9 Å². The molecule has 1 aromatic carbocycles. The molecule has 2 N–H and O–H groups in total. The molecule has 1 unspecified atom stereocenters. The maximum Gasteiger partial charge on any atom is 0.258 e. The maximum absolute atomic E-state index is 11.7. The van der Waals surface area contributed by atoms with Crippen LogP contribution < -0.4 is 5.32 Å². The van der Waals surface area contributed by atoms with Crippen LogP contribution in [-0.4, -0.2) is 11.0 Å². The molecule has 17 heavy (non-hydrogen) atoms. The number of amides is 1. The van der Waals surface area contributed by atoms with Crippen molar-refractivity contribution in [2.24, 2.45) is 0 Å². The number of hydrogen-bond acceptors (Lipinski definition) is 3. The zero-order valence-corrected chi connectivity index (χ0v) is 9.38. The van der Waals surface area contributed by atoms with Gasteiger partial charge in [0.15, 0.2) is 0 Å². The summed E-state index contributed by atoms with van der Waals surface area (Å²) in [7, 11) is 0. The summed E-state index contributed by atoms with van der Waals surface area (Å²) in [5.41, 5.74) is 1.87. The molecule has 4 nitrogen and oxygen atoms in total. The number of aliphatic hydroxyl groups excluding tert-OH is 1. The normalized spacial score (nSPS) is 12.1. The molecule has 0 aliphatic heterocycles. The molecule has 1 atom stereocenters. The van der Waals surface area contributed by atoms with Crippen LogP contribution in [0.2, 0.25) is 0 Å². The van der Waals surface area contributed by atoms with Gasteiger partial charge in [-0.2, -0.15) is 0 Å². The van der Waals surface area contributed by atoms with Gasteiger partial charge in [0.1, 0.15) is 6.26 Å². The molecule has 4 heteroatoms. The fourth-order valence-electron chi connectivity index (χ4n) is 1.47. The van der Waals surface area contributed by atoms with Gasteiger partial charge in [-0.3, -0.25) is 4.79 Å². The van der Waals surface area contributed by atoms with Gasteiger partial charge in [0.25, 0.3) is 5.91 Å². The van der Waals surface area contributed by atoms with E-state index >= 15 is 0 Å². The summed E-state index contributed by atoms with van der Waals surface area (Å²) in [6.45, 7) is 1.68. The highest BCUT2D eigenvalue weighted by Crippen LogP contribution is 2.17. The van der Waals surface area contributed by atoms with E-state index in [2.05, 4.69) is 5.32 Å². The second kappa shape index (κ2) is 4.84. The highest BCUT2D eigenvalue weighted by Gasteiger charge is 2.08. The van der Waals surface area contributed by atoms with E-state index < -0.39 is 6.10 Å². The molecule has 0 fully saturated rings. The topological polar surface area (TPSA) is 62.5 Å². The molecule has 0 radical (unpaired) electrons. The summed E-state index contributed by atoms with van der Waals surface area (Å²) in [4.78, 5) is 11.7. The van der Waals surface area contributed by atoms with Crippen LogP contribution in [-0.2, 0) is 0 Å². The number of carbonyl (C=O) groups is 1. The van der Waals surface area contributed by atoms with Crippen LogP contribution in [0.3, 0.4) is 0 Å². The molecule has 1 aromatic heterocycles. The van der Waals surface area contributed by atoms with Gasteiger partial charge in [-0.05, 0) is 30.7 Å². The molecule has 1 amide bonds. The van der Waals surface area contributed by atoms with Gasteiger partial charge in [0.2, 0.25) is 0 Å². The Kier molecular flexibility index (Phi) is 3.25. The van der Waals surface area contributed by atoms with Crippen LogP contribution in [0, 0.1) is 0 Å². The van der Waals surface area contributed by atoms with E-state index in [9.17, 15) is 9.90 Å². The average Bonchev–Trinajstić information content (AvgIpc) is 2.82. The number of hydrogen-bond donors (Lipinski definition) is 2. The zero-order chi connectivity index (χ0) is 12.3. The van der Waals surface area contributed by atoms with Crippen LogP contribution in [0.4, 0.5) is 5.69 Å². The van der Waals surface area contributed by atoms with Crippen LogP contribution in [0.25, 0.3) is 0 Å². The number of benzene rings is 1. The van der Waals surface area contributed by atoms with Gasteiger partial charge in [-0.15, -0.1) is 0 Å². The van der Waals surface area contributed by atoms with E-state index in [1.54, 1.807) is 37.3 Å². The third kappa shape index (κ3) is 2.73. The molecule has 88 valence electrons. The van der Waals surface area contributed by atoms with E-state index in [4.69, 9.17) is 4.42 Å². The number of anilines is 1. The van der Waals surface area contributed by atoms with E-state index in [-0.39, 0.29) is 5.91 Å². The summed E-state index contributed by atoms with van der Waals surface area (Å²) in [5, 5.41) is 12.2. The molecule has 0 aliphatic rings. The van der Waals surface area contributed by atoms with Gasteiger partial charge in [-0.1, -0.05) is 12.1 Å². The molecule has 0 saturated heterocycles. The Hall–Kier alpha value is -2.07. The molecule has 0 spiro atoms. The van der Waals surface area contributed by atoms with Crippen molar-refractivity contribution >= 4 is 11.6 Å². The van der Waals surface area contributed by atoms with Crippen LogP contribution in [0.15, 0.2) is 47.3 Å². The fourth-order valence-corrected chi connectivity index (χ4v) is 1.47. The van der Waals surface area contributed by atoms with Crippen molar-refractivity contribution in [2.45, 2.75) is 13.0 Å². The van der Waals surface area contributed by atoms with Crippen molar-refractivity contribution in [3.8, 4) is 0 Å². The first kappa shape index (κ1) is 11.4. The Balaban J connectivity index is 2.14. The molecule has 0 bridgehead atoms. The number of furan rings is 1. The summed E-state index contributed by atoms with van der Waals surface area (Å²) in [6.07, 6.45) is 2.27. The minimum Gasteiger partial charge on any atom is -0.472 e. The molecule has 2 rings (SSSR count). The van der Waals surface area contributed by atoms with Crippen molar-refractivity contribution in [1.29, 1.82) is 0 Å². The van der Waals surface area contributed by atoms with Gasteiger partial charge >= 0.3 is 0 Å². The molecule has 2 aromatic rings. The lowest BCUT2D eigenvalue weighted by atomic mass is 10.1. The van der Waals surface area contributed by atoms with E-state index in [1.807, 2.05) is 0 Å². The lowest BCUT2D eigenvalue weighted by Gasteiger charge is -2.08. The number of aliphatic hydroxyl groups is 1. The monoisotopic (exact) mass is 231 g/mol. The van der Waals surface area contributed by atoms with Crippen molar-refractivity contribution in [2.75, 3.05) is 5.32 Å². The van der Waals surface area contributed by atoms with Crippen LogP contribution in [0.1, 0.15) is 28.9 Å². The third-order valence-corrected chi connectivity index (χ3v) is 2.41. The van der Waals surface area contributed by atoms with E-state index in [1.165, 1.54) is 12.5 Å². The molecule has 0 saturated carbocycles. The third-order valence-electron chi connectivity index (χ3n) is 2.41. The van der Waals surface area contributed by atoms with Crippen LogP contribution >= 0.6 is 0 Å². The Morgan fingerprint density at radius 3 is 2.88 bits per heavy atom. The minimum atomic E-state index is -0.555.